The van der Waals surface area contributed by atoms with E-state index in [1.54, 1.807) is 0 Å². The van der Waals surface area contributed by atoms with Crippen LogP contribution in [-0.2, 0) is 4.79 Å². The van der Waals surface area contributed by atoms with E-state index >= 15 is 0 Å². The molecule has 2 saturated heterocycles. The van der Waals surface area contributed by atoms with Crippen LogP contribution in [0.3, 0.4) is 0 Å². The highest BCUT2D eigenvalue weighted by Gasteiger charge is 2.47. The van der Waals surface area contributed by atoms with Gasteiger partial charge < -0.3 is 19.6 Å². The Hall–Kier alpha value is -1.66. The molecular weight excluding hydrogens is 311 g/mol. The highest BCUT2D eigenvalue weighted by Crippen LogP contribution is 2.41. The lowest BCUT2D eigenvalue weighted by Gasteiger charge is -2.53. The number of hydrogen-bond acceptors (Lipinski definition) is 4. The Bertz CT molecular complexity index is 580. The number of halogens is 1. The lowest BCUT2D eigenvalue weighted by Crippen LogP contribution is -2.62. The van der Waals surface area contributed by atoms with E-state index in [1.165, 1.54) is 24.3 Å². The van der Waals surface area contributed by atoms with Crippen LogP contribution in [0.15, 0.2) is 24.3 Å². The molecule has 3 rings (SSSR count). The lowest BCUT2D eigenvalue weighted by atomic mass is 9.69. The molecule has 24 heavy (non-hydrogen) atoms. The highest BCUT2D eigenvalue weighted by atomic mass is 19.1. The average molecular weight is 336 g/mol. The van der Waals surface area contributed by atoms with Crippen molar-refractivity contribution in [1.82, 2.24) is 9.80 Å². The van der Waals surface area contributed by atoms with E-state index in [-0.39, 0.29) is 36.4 Å². The minimum Gasteiger partial charge on any atom is -0.484 e. The molecule has 2 aliphatic rings. The normalized spacial score (nSPS) is 27.6. The van der Waals surface area contributed by atoms with Gasteiger partial charge in [-0.2, -0.15) is 0 Å². The minimum atomic E-state index is -0.328. The van der Waals surface area contributed by atoms with E-state index in [0.717, 1.165) is 25.8 Å². The van der Waals surface area contributed by atoms with Crippen molar-refractivity contribution >= 4 is 5.91 Å². The van der Waals surface area contributed by atoms with E-state index in [0.29, 0.717) is 18.8 Å². The van der Waals surface area contributed by atoms with E-state index in [2.05, 4.69) is 11.9 Å². The molecule has 1 aromatic carbocycles. The van der Waals surface area contributed by atoms with Crippen LogP contribution in [0.4, 0.5) is 4.39 Å². The predicted molar refractivity (Wildman–Crippen MR) is 88.3 cm³/mol. The van der Waals surface area contributed by atoms with Crippen molar-refractivity contribution in [3.63, 3.8) is 0 Å². The molecule has 2 heterocycles. The van der Waals surface area contributed by atoms with Gasteiger partial charge in [0.15, 0.2) is 6.61 Å². The van der Waals surface area contributed by atoms with E-state index in [4.69, 9.17) is 4.74 Å². The Morgan fingerprint density at radius 2 is 2.08 bits per heavy atom. The number of fused-ring (bicyclic) bond motifs is 1. The number of likely N-dealkylation sites (N-methyl/N-ethyl adjacent to an activating group) is 1. The molecule has 6 heteroatoms. The fourth-order valence-electron chi connectivity index (χ4n) is 4.01. The Morgan fingerprint density at radius 1 is 1.33 bits per heavy atom. The topological polar surface area (TPSA) is 53.0 Å². The molecule has 0 spiro atoms. The monoisotopic (exact) mass is 336 g/mol. The van der Waals surface area contributed by atoms with Crippen molar-refractivity contribution in [3.05, 3.63) is 30.1 Å². The summed E-state index contributed by atoms with van der Waals surface area (Å²) in [6.45, 7) is 2.41. The standard InChI is InChI=1S/C18H25FN2O3/c1-20-9-2-7-18(13-22)8-10-21(11-16(18)20)17(23)12-24-15-5-3-14(19)4-6-15/h3-6,16,22H,2,7-13H2,1H3/t16-,18-/m1/s1. The number of aliphatic hydroxyl groups is 1. The molecule has 1 N–H and O–H groups in total. The van der Waals surface area contributed by atoms with Crippen molar-refractivity contribution < 1.29 is 19.0 Å². The number of benzene rings is 1. The fraction of sp³-hybridized carbons (Fsp3) is 0.611. The van der Waals surface area contributed by atoms with Crippen LogP contribution in [0.5, 0.6) is 5.75 Å². The summed E-state index contributed by atoms with van der Waals surface area (Å²) < 4.78 is 18.4. The molecule has 0 aromatic heterocycles. The Balaban J connectivity index is 1.59. The molecule has 1 aromatic rings. The lowest BCUT2D eigenvalue weighted by molar-refractivity contribution is -0.141. The third-order valence-corrected chi connectivity index (χ3v) is 5.54. The van der Waals surface area contributed by atoms with Gasteiger partial charge in [0.1, 0.15) is 11.6 Å². The van der Waals surface area contributed by atoms with Gasteiger partial charge in [0.05, 0.1) is 6.61 Å². The van der Waals surface area contributed by atoms with Crippen LogP contribution in [0.1, 0.15) is 19.3 Å². The summed E-state index contributed by atoms with van der Waals surface area (Å²) in [6, 6.07) is 5.86. The molecule has 5 nitrogen and oxygen atoms in total. The quantitative estimate of drug-likeness (QED) is 0.906. The first-order chi connectivity index (χ1) is 11.5. The Morgan fingerprint density at radius 3 is 2.79 bits per heavy atom. The fourth-order valence-corrected chi connectivity index (χ4v) is 4.01. The number of carbonyl (C=O) groups excluding carboxylic acids is 1. The molecule has 132 valence electrons. The van der Waals surface area contributed by atoms with Crippen LogP contribution in [0.25, 0.3) is 0 Å². The second-order valence-corrected chi connectivity index (χ2v) is 6.95. The smallest absolute Gasteiger partial charge is 0.260 e. The van der Waals surface area contributed by atoms with Gasteiger partial charge in [-0.05, 0) is 57.1 Å². The highest BCUT2D eigenvalue weighted by molar-refractivity contribution is 5.78. The van der Waals surface area contributed by atoms with Crippen molar-refractivity contribution in [1.29, 1.82) is 0 Å². The number of carbonyl (C=O) groups is 1. The largest absolute Gasteiger partial charge is 0.484 e. The maximum atomic E-state index is 12.9. The number of aliphatic hydroxyl groups excluding tert-OH is 1. The molecule has 1 amide bonds. The van der Waals surface area contributed by atoms with Gasteiger partial charge >= 0.3 is 0 Å². The maximum Gasteiger partial charge on any atom is 0.260 e. The third kappa shape index (κ3) is 3.39. The Labute approximate surface area is 142 Å². The SMILES string of the molecule is CN1CCC[C@]2(CO)CCN(C(=O)COc3ccc(F)cc3)C[C@@H]12. The van der Waals surface area contributed by atoms with E-state index < -0.39 is 0 Å². The number of amides is 1. The van der Waals surface area contributed by atoms with Crippen LogP contribution in [0.2, 0.25) is 0 Å². The van der Waals surface area contributed by atoms with Gasteiger partial charge in [-0.25, -0.2) is 4.39 Å². The van der Waals surface area contributed by atoms with Crippen molar-refractivity contribution in [2.75, 3.05) is 39.9 Å². The molecule has 0 aliphatic carbocycles. The first kappa shape index (κ1) is 17.2. The summed E-state index contributed by atoms with van der Waals surface area (Å²) in [7, 11) is 2.07. The van der Waals surface area contributed by atoms with E-state index in [1.807, 2.05) is 4.90 Å². The van der Waals surface area contributed by atoms with Crippen LogP contribution in [-0.4, -0.2) is 66.8 Å². The van der Waals surface area contributed by atoms with Gasteiger partial charge in [-0.3, -0.25) is 4.79 Å². The zero-order chi connectivity index (χ0) is 17.2. The molecule has 2 aliphatic heterocycles. The van der Waals surface area contributed by atoms with Crippen molar-refractivity contribution in [2.24, 2.45) is 5.41 Å². The molecule has 0 unspecified atom stereocenters. The maximum absolute atomic E-state index is 12.9. The van der Waals surface area contributed by atoms with Gasteiger partial charge in [0.25, 0.3) is 5.91 Å². The summed E-state index contributed by atoms with van der Waals surface area (Å²) in [6.07, 6.45) is 2.93. The third-order valence-electron chi connectivity index (χ3n) is 5.54. The number of nitrogens with zero attached hydrogens (tertiary/aromatic N) is 2. The number of hydrogen-bond donors (Lipinski definition) is 1. The zero-order valence-corrected chi connectivity index (χ0v) is 14.1. The summed E-state index contributed by atoms with van der Waals surface area (Å²) in [5, 5.41) is 9.91. The second kappa shape index (κ2) is 7.07. The molecule has 2 atom stereocenters. The Kier molecular flexibility index (Phi) is 5.06. The van der Waals surface area contributed by atoms with Crippen molar-refractivity contribution in [3.8, 4) is 5.75 Å². The summed E-state index contributed by atoms with van der Waals surface area (Å²) in [4.78, 5) is 16.5. The minimum absolute atomic E-state index is 0.0474. The van der Waals surface area contributed by atoms with Gasteiger partial charge in [-0.1, -0.05) is 0 Å². The van der Waals surface area contributed by atoms with Gasteiger partial charge in [0, 0.05) is 24.5 Å². The molecule has 0 radical (unpaired) electrons. The average Bonchev–Trinajstić information content (AvgIpc) is 2.61. The summed E-state index contributed by atoms with van der Waals surface area (Å²) in [5.74, 6) is 0.0940. The van der Waals surface area contributed by atoms with Crippen LogP contribution < -0.4 is 4.74 Å². The summed E-state index contributed by atoms with van der Waals surface area (Å²) >= 11 is 0. The first-order valence-corrected chi connectivity index (χ1v) is 8.51. The summed E-state index contributed by atoms with van der Waals surface area (Å²) in [5.41, 5.74) is -0.0818. The zero-order valence-electron chi connectivity index (χ0n) is 14.1. The number of ether oxygens (including phenoxy) is 1. The van der Waals surface area contributed by atoms with Crippen LogP contribution in [0, 0.1) is 11.2 Å². The molecule has 2 fully saturated rings. The van der Waals surface area contributed by atoms with Gasteiger partial charge in [-0.15, -0.1) is 0 Å². The number of likely N-dealkylation sites (tertiary alicyclic amines) is 2. The van der Waals surface area contributed by atoms with Crippen LogP contribution >= 0.6 is 0 Å². The predicted octanol–water partition coefficient (Wildman–Crippen LogP) is 1.51. The molecule has 0 saturated carbocycles. The molecular formula is C18H25FN2O3. The van der Waals surface area contributed by atoms with E-state index in [9.17, 15) is 14.3 Å². The van der Waals surface area contributed by atoms with Gasteiger partial charge in [0.2, 0.25) is 0 Å². The second-order valence-electron chi connectivity index (χ2n) is 6.95. The first-order valence-electron chi connectivity index (χ1n) is 8.51. The van der Waals surface area contributed by atoms with Crippen molar-refractivity contribution in [2.45, 2.75) is 25.3 Å². The number of rotatable bonds is 4. The number of piperidine rings is 2. The molecule has 0 bridgehead atoms.